The first-order valence-electron chi connectivity index (χ1n) is 10.6. The van der Waals surface area contributed by atoms with E-state index in [9.17, 15) is 14.4 Å². The maximum absolute atomic E-state index is 13.4. The Kier molecular flexibility index (Phi) is 5.33. The zero-order valence-electron chi connectivity index (χ0n) is 18.6. The lowest BCUT2D eigenvalue weighted by molar-refractivity contribution is 0.0252. The fraction of sp³-hybridized carbons (Fsp3) is 0.458. The van der Waals surface area contributed by atoms with Crippen molar-refractivity contribution in [3.05, 3.63) is 47.8 Å². The first kappa shape index (κ1) is 22.0. The standard InChI is InChI=1S/C24H27FN4O3/c1-23(2,3)32-22(30)29-11-17-18(12-29)21(17)31-20-10-15(24(4,27)13-26)9-19(28-20)14-5-7-16(25)8-6-14/h5-10,17-18,21H,11-12,27H2,1-4H3. The molecule has 2 fully saturated rings. The number of halogens is 1. The molecule has 3 atom stereocenters. The number of amides is 1. The highest BCUT2D eigenvalue weighted by Gasteiger charge is 2.59. The molecule has 32 heavy (non-hydrogen) atoms. The molecule has 1 saturated carbocycles. The summed E-state index contributed by atoms with van der Waals surface area (Å²) in [5.74, 6) is 0.435. The number of carbonyl (C=O) groups excluding carboxylic acids is 1. The van der Waals surface area contributed by atoms with E-state index in [4.69, 9.17) is 15.2 Å². The Morgan fingerprint density at radius 2 is 1.81 bits per heavy atom. The topological polar surface area (TPSA) is 101 Å². The van der Waals surface area contributed by atoms with Gasteiger partial charge in [0.05, 0.1) is 11.8 Å². The van der Waals surface area contributed by atoms with Crippen LogP contribution >= 0.6 is 0 Å². The zero-order chi connectivity index (χ0) is 23.3. The number of nitrogens with zero attached hydrogens (tertiary/aromatic N) is 3. The zero-order valence-corrected chi connectivity index (χ0v) is 18.6. The lowest BCUT2D eigenvalue weighted by atomic mass is 9.94. The van der Waals surface area contributed by atoms with Crippen molar-refractivity contribution >= 4 is 6.09 Å². The Hall–Kier alpha value is -3.18. The fourth-order valence-electron chi connectivity index (χ4n) is 3.96. The van der Waals surface area contributed by atoms with E-state index in [1.807, 2.05) is 20.8 Å². The lowest BCUT2D eigenvalue weighted by Gasteiger charge is -2.26. The van der Waals surface area contributed by atoms with Gasteiger partial charge >= 0.3 is 6.09 Å². The number of hydrogen-bond donors (Lipinski definition) is 1. The van der Waals surface area contributed by atoms with Gasteiger partial charge in [-0.1, -0.05) is 0 Å². The summed E-state index contributed by atoms with van der Waals surface area (Å²) in [5.41, 5.74) is 6.19. The van der Waals surface area contributed by atoms with Gasteiger partial charge in [0.1, 0.15) is 23.1 Å². The molecule has 4 rings (SSSR count). The quantitative estimate of drug-likeness (QED) is 0.779. The number of pyridine rings is 1. The minimum Gasteiger partial charge on any atom is -0.474 e. The Bertz CT molecular complexity index is 1060. The number of aromatic nitrogens is 1. The first-order chi connectivity index (χ1) is 15.0. The molecule has 1 aromatic heterocycles. The van der Waals surface area contributed by atoms with Gasteiger partial charge in [0.15, 0.2) is 0 Å². The third kappa shape index (κ3) is 4.53. The van der Waals surface area contributed by atoms with Crippen molar-refractivity contribution in [2.75, 3.05) is 13.1 Å². The average Bonchev–Trinajstić information content (AvgIpc) is 3.15. The molecular weight excluding hydrogens is 411 g/mol. The van der Waals surface area contributed by atoms with Gasteiger partial charge in [-0.3, -0.25) is 0 Å². The molecule has 0 radical (unpaired) electrons. The summed E-state index contributed by atoms with van der Waals surface area (Å²) in [5, 5.41) is 9.49. The molecule has 8 heteroatoms. The van der Waals surface area contributed by atoms with Crippen LogP contribution in [0.25, 0.3) is 11.3 Å². The van der Waals surface area contributed by atoms with E-state index in [2.05, 4.69) is 11.1 Å². The smallest absolute Gasteiger partial charge is 0.410 e. The summed E-state index contributed by atoms with van der Waals surface area (Å²) in [6.45, 7) is 8.29. The van der Waals surface area contributed by atoms with Gasteiger partial charge in [-0.15, -0.1) is 0 Å². The fourth-order valence-corrected chi connectivity index (χ4v) is 3.96. The van der Waals surface area contributed by atoms with Crippen LogP contribution in [0.4, 0.5) is 9.18 Å². The summed E-state index contributed by atoms with van der Waals surface area (Å²) < 4.78 is 25.0. The van der Waals surface area contributed by atoms with Gasteiger partial charge in [-0.05, 0) is 63.6 Å². The van der Waals surface area contributed by atoms with Crippen LogP contribution in [0, 0.1) is 29.0 Å². The lowest BCUT2D eigenvalue weighted by Crippen LogP contribution is -2.38. The van der Waals surface area contributed by atoms with E-state index in [1.54, 1.807) is 36.1 Å². The highest BCUT2D eigenvalue weighted by Crippen LogP contribution is 2.48. The number of rotatable bonds is 4. The van der Waals surface area contributed by atoms with Gasteiger partial charge in [-0.25, -0.2) is 14.2 Å². The predicted molar refractivity (Wildman–Crippen MR) is 116 cm³/mol. The predicted octanol–water partition coefficient (Wildman–Crippen LogP) is 3.83. The summed E-state index contributed by atoms with van der Waals surface area (Å²) in [7, 11) is 0. The minimum absolute atomic E-state index is 0.0661. The number of benzene rings is 1. The molecule has 1 saturated heterocycles. The number of carbonyl (C=O) groups is 1. The van der Waals surface area contributed by atoms with Gasteiger partial charge < -0.3 is 20.1 Å². The van der Waals surface area contributed by atoms with E-state index in [-0.39, 0.29) is 29.9 Å². The Morgan fingerprint density at radius 1 is 1.19 bits per heavy atom. The summed E-state index contributed by atoms with van der Waals surface area (Å²) in [4.78, 5) is 18.6. The molecule has 2 heterocycles. The third-order valence-corrected chi connectivity index (χ3v) is 5.80. The maximum Gasteiger partial charge on any atom is 0.410 e. The van der Waals surface area contributed by atoms with Gasteiger partial charge in [-0.2, -0.15) is 5.26 Å². The maximum atomic E-state index is 13.4. The summed E-state index contributed by atoms with van der Waals surface area (Å²) >= 11 is 0. The largest absolute Gasteiger partial charge is 0.474 e. The second-order valence-electron chi connectivity index (χ2n) is 9.70. The first-order valence-corrected chi connectivity index (χ1v) is 10.6. The summed E-state index contributed by atoms with van der Waals surface area (Å²) in [6, 6.07) is 11.4. The van der Waals surface area contributed by atoms with Crippen molar-refractivity contribution in [3.8, 4) is 23.2 Å². The van der Waals surface area contributed by atoms with E-state index in [0.29, 0.717) is 35.8 Å². The number of fused-ring (bicyclic) bond motifs is 1. The van der Waals surface area contributed by atoms with Crippen LogP contribution in [0.3, 0.4) is 0 Å². The average molecular weight is 439 g/mol. The number of hydrogen-bond acceptors (Lipinski definition) is 6. The molecule has 1 aromatic carbocycles. The van der Waals surface area contributed by atoms with Gasteiger partial charge in [0, 0.05) is 36.6 Å². The number of nitrogens with two attached hydrogens (primary N) is 1. The highest BCUT2D eigenvalue weighted by atomic mass is 19.1. The van der Waals surface area contributed by atoms with Crippen LogP contribution in [0.1, 0.15) is 33.3 Å². The number of piperidine rings is 1. The monoisotopic (exact) mass is 438 g/mol. The number of ether oxygens (including phenoxy) is 2. The van der Waals surface area contributed by atoms with Crippen molar-refractivity contribution in [2.24, 2.45) is 17.6 Å². The molecule has 2 N–H and O–H groups in total. The van der Waals surface area contributed by atoms with Gasteiger partial charge in [0.2, 0.25) is 5.88 Å². The molecule has 168 valence electrons. The third-order valence-electron chi connectivity index (χ3n) is 5.80. The highest BCUT2D eigenvalue weighted by molar-refractivity contribution is 5.69. The van der Waals surface area contributed by atoms with Crippen LogP contribution in [-0.2, 0) is 10.3 Å². The minimum atomic E-state index is -1.23. The van der Waals surface area contributed by atoms with Crippen molar-refractivity contribution in [1.82, 2.24) is 9.88 Å². The molecule has 0 spiro atoms. The van der Waals surface area contributed by atoms with Crippen LogP contribution in [-0.4, -0.2) is 40.8 Å². The van der Waals surface area contributed by atoms with E-state index < -0.39 is 11.1 Å². The van der Waals surface area contributed by atoms with Crippen LogP contribution < -0.4 is 10.5 Å². The second kappa shape index (κ2) is 7.75. The van der Waals surface area contributed by atoms with Crippen LogP contribution in [0.15, 0.2) is 36.4 Å². The molecular formula is C24H27FN4O3. The normalized spacial score (nSPS) is 23.7. The molecule has 2 aliphatic rings. The van der Waals surface area contributed by atoms with Crippen LogP contribution in [0.2, 0.25) is 0 Å². The number of nitriles is 1. The Labute approximate surface area is 186 Å². The molecule has 1 amide bonds. The van der Waals surface area contributed by atoms with Crippen LogP contribution in [0.5, 0.6) is 5.88 Å². The number of likely N-dealkylation sites (tertiary alicyclic amines) is 1. The van der Waals surface area contributed by atoms with Gasteiger partial charge in [0.25, 0.3) is 0 Å². The molecule has 2 aromatic rings. The van der Waals surface area contributed by atoms with Crippen molar-refractivity contribution < 1.29 is 18.7 Å². The van der Waals surface area contributed by atoms with E-state index >= 15 is 0 Å². The molecule has 0 bridgehead atoms. The summed E-state index contributed by atoms with van der Waals surface area (Å²) in [6.07, 6.45) is -0.376. The molecule has 7 nitrogen and oxygen atoms in total. The Morgan fingerprint density at radius 3 is 2.38 bits per heavy atom. The van der Waals surface area contributed by atoms with Crippen molar-refractivity contribution in [3.63, 3.8) is 0 Å². The Balaban J connectivity index is 1.51. The van der Waals surface area contributed by atoms with Crippen molar-refractivity contribution in [2.45, 2.75) is 44.9 Å². The van der Waals surface area contributed by atoms with E-state index in [0.717, 1.165) is 0 Å². The molecule has 3 unspecified atom stereocenters. The van der Waals surface area contributed by atoms with Crippen molar-refractivity contribution in [1.29, 1.82) is 5.26 Å². The second-order valence-corrected chi connectivity index (χ2v) is 9.70. The SMILES string of the molecule is CC(C)(C)OC(=O)N1CC2C(C1)C2Oc1cc(C(C)(N)C#N)cc(-c2ccc(F)cc2)n1. The molecule has 1 aliphatic carbocycles. The van der Waals surface area contributed by atoms with E-state index in [1.165, 1.54) is 12.1 Å². The molecule has 1 aliphatic heterocycles.